The third-order valence-corrected chi connectivity index (χ3v) is 4.80. The Morgan fingerprint density at radius 2 is 1.75 bits per heavy atom. The van der Waals surface area contributed by atoms with Crippen LogP contribution in [0.5, 0.6) is 0 Å². The predicted octanol–water partition coefficient (Wildman–Crippen LogP) is 5.68. The van der Waals surface area contributed by atoms with Gasteiger partial charge in [-0.3, -0.25) is 9.78 Å². The van der Waals surface area contributed by atoms with Crippen LogP contribution in [0.4, 0.5) is 5.69 Å². The molecule has 1 heterocycles. The number of hydrogen-bond donors (Lipinski definition) is 1. The Morgan fingerprint density at radius 1 is 0.929 bits per heavy atom. The molecule has 4 nitrogen and oxygen atoms in total. The summed E-state index contributed by atoms with van der Waals surface area (Å²) in [6.07, 6.45) is 1.56. The molecule has 0 aliphatic rings. The van der Waals surface area contributed by atoms with Crippen LogP contribution in [0.1, 0.15) is 16.1 Å². The van der Waals surface area contributed by atoms with Gasteiger partial charge in [0.05, 0.1) is 17.3 Å². The molecule has 1 amide bonds. The number of benzene rings is 3. The highest BCUT2D eigenvalue weighted by Crippen LogP contribution is 2.37. The van der Waals surface area contributed by atoms with E-state index in [-0.39, 0.29) is 5.91 Å². The molecule has 0 radical (unpaired) electrons. The second-order valence-electron chi connectivity index (χ2n) is 6.15. The minimum Gasteiger partial charge on any atom is -0.320 e. The van der Waals surface area contributed by atoms with Crippen LogP contribution >= 0.6 is 11.6 Å². The van der Waals surface area contributed by atoms with E-state index < -0.39 is 0 Å². The van der Waals surface area contributed by atoms with Gasteiger partial charge in [-0.2, -0.15) is 5.26 Å². The van der Waals surface area contributed by atoms with Crippen molar-refractivity contribution < 1.29 is 4.79 Å². The van der Waals surface area contributed by atoms with Gasteiger partial charge in [0.15, 0.2) is 0 Å². The van der Waals surface area contributed by atoms with E-state index in [0.29, 0.717) is 27.4 Å². The maximum absolute atomic E-state index is 12.6. The van der Waals surface area contributed by atoms with Gasteiger partial charge in [0.2, 0.25) is 0 Å². The number of anilines is 1. The van der Waals surface area contributed by atoms with Crippen molar-refractivity contribution in [2.75, 3.05) is 5.32 Å². The first-order valence-electron chi connectivity index (χ1n) is 8.62. The van der Waals surface area contributed by atoms with E-state index >= 15 is 0 Å². The molecule has 0 aliphatic carbocycles. The molecule has 5 heteroatoms. The number of carbonyl (C=O) groups excluding carboxylic acids is 1. The van der Waals surface area contributed by atoms with Gasteiger partial charge in [-0.1, -0.05) is 54.1 Å². The summed E-state index contributed by atoms with van der Waals surface area (Å²) in [7, 11) is 0. The fraction of sp³-hybridized carbons (Fsp3) is 0. The third kappa shape index (κ3) is 3.20. The Balaban J connectivity index is 1.90. The number of aromatic nitrogens is 1. The van der Waals surface area contributed by atoms with Gasteiger partial charge in [0.1, 0.15) is 5.69 Å². The quantitative estimate of drug-likeness (QED) is 0.495. The van der Waals surface area contributed by atoms with Crippen LogP contribution in [-0.4, -0.2) is 10.9 Å². The Bertz CT molecular complexity index is 1230. The molecule has 0 bridgehead atoms. The maximum atomic E-state index is 12.6. The normalized spacial score (nSPS) is 10.4. The van der Waals surface area contributed by atoms with Gasteiger partial charge in [-0.05, 0) is 41.3 Å². The highest BCUT2D eigenvalue weighted by atomic mass is 35.5. The molecular formula is C23H14ClN3O. The van der Waals surface area contributed by atoms with Gasteiger partial charge in [-0.15, -0.1) is 0 Å². The van der Waals surface area contributed by atoms with E-state index in [1.54, 1.807) is 36.5 Å². The van der Waals surface area contributed by atoms with Crippen LogP contribution in [0, 0.1) is 11.3 Å². The number of nitriles is 1. The van der Waals surface area contributed by atoms with Crippen molar-refractivity contribution in [3.63, 3.8) is 0 Å². The first kappa shape index (κ1) is 17.7. The molecule has 0 saturated heterocycles. The van der Waals surface area contributed by atoms with Gasteiger partial charge in [0.25, 0.3) is 5.91 Å². The zero-order chi connectivity index (χ0) is 19.5. The number of halogens is 1. The lowest BCUT2D eigenvalue weighted by Crippen LogP contribution is -2.13. The Labute approximate surface area is 167 Å². The van der Waals surface area contributed by atoms with Crippen molar-refractivity contribution >= 4 is 34.0 Å². The summed E-state index contributed by atoms with van der Waals surface area (Å²) in [5.74, 6) is -0.333. The van der Waals surface area contributed by atoms with E-state index in [1.807, 2.05) is 42.5 Å². The van der Waals surface area contributed by atoms with Crippen LogP contribution in [-0.2, 0) is 0 Å². The van der Waals surface area contributed by atoms with Crippen LogP contribution in [0.25, 0.3) is 21.9 Å². The molecule has 28 heavy (non-hydrogen) atoms. The molecule has 0 aliphatic heterocycles. The smallest absolute Gasteiger partial charge is 0.274 e. The number of pyridine rings is 1. The summed E-state index contributed by atoms with van der Waals surface area (Å²) in [6, 6.07) is 24.1. The van der Waals surface area contributed by atoms with Crippen molar-refractivity contribution in [1.82, 2.24) is 4.98 Å². The number of nitrogens with zero attached hydrogens (tertiary/aromatic N) is 2. The first-order chi connectivity index (χ1) is 13.7. The van der Waals surface area contributed by atoms with Gasteiger partial charge in [-0.25, -0.2) is 0 Å². The topological polar surface area (TPSA) is 65.8 Å². The summed E-state index contributed by atoms with van der Waals surface area (Å²) in [5, 5.41) is 14.6. The van der Waals surface area contributed by atoms with E-state index in [0.717, 1.165) is 16.5 Å². The number of amides is 1. The maximum Gasteiger partial charge on any atom is 0.274 e. The fourth-order valence-corrected chi connectivity index (χ4v) is 3.44. The van der Waals surface area contributed by atoms with Crippen LogP contribution in [0.15, 0.2) is 79.0 Å². The zero-order valence-corrected chi connectivity index (χ0v) is 15.4. The fourth-order valence-electron chi connectivity index (χ4n) is 3.20. The highest BCUT2D eigenvalue weighted by Gasteiger charge is 2.15. The van der Waals surface area contributed by atoms with Crippen LogP contribution < -0.4 is 5.32 Å². The van der Waals surface area contributed by atoms with Gasteiger partial charge < -0.3 is 5.32 Å². The van der Waals surface area contributed by atoms with E-state index in [4.69, 9.17) is 11.6 Å². The summed E-state index contributed by atoms with van der Waals surface area (Å²) in [5.41, 5.74) is 3.10. The van der Waals surface area contributed by atoms with Crippen molar-refractivity contribution in [2.24, 2.45) is 0 Å². The van der Waals surface area contributed by atoms with Gasteiger partial charge >= 0.3 is 0 Å². The van der Waals surface area contributed by atoms with E-state index in [2.05, 4.69) is 16.4 Å². The van der Waals surface area contributed by atoms with Crippen molar-refractivity contribution in [3.8, 4) is 17.2 Å². The Morgan fingerprint density at radius 3 is 2.50 bits per heavy atom. The number of fused-ring (bicyclic) bond motifs is 1. The summed E-state index contributed by atoms with van der Waals surface area (Å²) >= 11 is 6.39. The average Bonchev–Trinajstić information content (AvgIpc) is 2.74. The van der Waals surface area contributed by atoms with Crippen molar-refractivity contribution in [3.05, 3.63) is 95.3 Å². The summed E-state index contributed by atoms with van der Waals surface area (Å²) in [4.78, 5) is 16.7. The molecule has 0 spiro atoms. The summed E-state index contributed by atoms with van der Waals surface area (Å²) in [6.45, 7) is 0. The highest BCUT2D eigenvalue weighted by molar-refractivity contribution is 6.33. The molecular weight excluding hydrogens is 370 g/mol. The number of carbonyl (C=O) groups is 1. The molecule has 1 aromatic heterocycles. The molecule has 0 unspecified atom stereocenters. The monoisotopic (exact) mass is 383 g/mol. The summed E-state index contributed by atoms with van der Waals surface area (Å²) < 4.78 is 0. The SMILES string of the molecule is N#Cc1ccc(-c2ccccc2Cl)c2cccc(NC(=O)c3ccccn3)c12. The van der Waals surface area contributed by atoms with Gasteiger partial charge in [0, 0.05) is 22.2 Å². The number of nitrogens with one attached hydrogen (secondary N) is 1. The zero-order valence-electron chi connectivity index (χ0n) is 14.7. The lowest BCUT2D eigenvalue weighted by atomic mass is 9.94. The minimum absolute atomic E-state index is 0.306. The number of rotatable bonds is 3. The molecule has 0 fully saturated rings. The predicted molar refractivity (Wildman–Crippen MR) is 111 cm³/mol. The molecule has 134 valence electrons. The lowest BCUT2D eigenvalue weighted by Gasteiger charge is -2.14. The van der Waals surface area contributed by atoms with Crippen molar-refractivity contribution in [2.45, 2.75) is 0 Å². The second-order valence-corrected chi connectivity index (χ2v) is 6.56. The lowest BCUT2D eigenvalue weighted by molar-refractivity contribution is 0.102. The number of hydrogen-bond acceptors (Lipinski definition) is 3. The minimum atomic E-state index is -0.333. The third-order valence-electron chi connectivity index (χ3n) is 4.47. The Hall–Kier alpha value is -3.68. The van der Waals surface area contributed by atoms with E-state index in [1.165, 1.54) is 0 Å². The molecule has 4 rings (SSSR count). The molecule has 1 N–H and O–H groups in total. The Kier molecular flexibility index (Phi) is 4.76. The average molecular weight is 384 g/mol. The molecule has 4 aromatic rings. The molecule has 0 saturated carbocycles. The standard InChI is InChI=1S/C23H14ClN3O/c24-19-8-2-1-6-17(19)16-12-11-15(14-25)22-18(16)7-5-10-20(22)27-23(28)21-9-3-4-13-26-21/h1-13H,(H,27,28). The molecule has 3 aromatic carbocycles. The largest absolute Gasteiger partial charge is 0.320 e. The molecule has 0 atom stereocenters. The second kappa shape index (κ2) is 7.51. The first-order valence-corrected chi connectivity index (χ1v) is 9.00. The van der Waals surface area contributed by atoms with Crippen molar-refractivity contribution in [1.29, 1.82) is 5.26 Å². The van der Waals surface area contributed by atoms with E-state index in [9.17, 15) is 10.1 Å². The van der Waals surface area contributed by atoms with Crippen LogP contribution in [0.2, 0.25) is 5.02 Å². The van der Waals surface area contributed by atoms with Crippen LogP contribution in [0.3, 0.4) is 0 Å².